The molecule has 1 heterocycles. The van der Waals surface area contributed by atoms with Gasteiger partial charge in [0.1, 0.15) is 5.82 Å². The number of halogens is 1. The van der Waals surface area contributed by atoms with Gasteiger partial charge in [-0.25, -0.2) is 14.2 Å². The number of urea groups is 1. The van der Waals surface area contributed by atoms with Crippen LogP contribution in [0.25, 0.3) is 16.9 Å². The number of benzene rings is 2. The molecule has 0 spiro atoms. The fourth-order valence-electron chi connectivity index (χ4n) is 2.70. The highest BCUT2D eigenvalue weighted by atomic mass is 32.2. The molecule has 0 aliphatic heterocycles. The van der Waals surface area contributed by atoms with E-state index >= 15 is 0 Å². The number of imidazole rings is 1. The largest absolute Gasteiger partial charge is 0.341 e. The molecule has 0 bridgehead atoms. The van der Waals surface area contributed by atoms with Crippen molar-refractivity contribution < 1.29 is 14.0 Å². The average molecular weight is 412 g/mol. The molecule has 2 N–H and O–H groups in total. The molecule has 1 aromatic heterocycles. The highest BCUT2D eigenvalue weighted by Crippen LogP contribution is 2.32. The maximum atomic E-state index is 14.6. The zero-order valence-electron chi connectivity index (χ0n) is 16.3. The maximum Gasteiger partial charge on any atom is 0.321 e. The first-order chi connectivity index (χ1) is 13.9. The molecule has 0 unspecified atom stereocenters. The van der Waals surface area contributed by atoms with E-state index < -0.39 is 23.0 Å². The third-order valence-corrected chi connectivity index (χ3v) is 5.35. The van der Waals surface area contributed by atoms with Gasteiger partial charge in [0.15, 0.2) is 5.16 Å². The van der Waals surface area contributed by atoms with E-state index in [0.29, 0.717) is 16.5 Å². The molecular formula is C21H21FN4O2S. The van der Waals surface area contributed by atoms with Crippen molar-refractivity contribution in [3.63, 3.8) is 0 Å². The Bertz CT molecular complexity index is 1030. The summed E-state index contributed by atoms with van der Waals surface area (Å²) in [5, 5.41) is 4.41. The summed E-state index contributed by atoms with van der Waals surface area (Å²) in [6, 6.07) is 13.7. The zero-order valence-corrected chi connectivity index (χ0v) is 17.1. The molecule has 0 aliphatic rings. The smallest absolute Gasteiger partial charge is 0.321 e. The quantitative estimate of drug-likeness (QED) is 0.623. The summed E-state index contributed by atoms with van der Waals surface area (Å²) in [5.41, 5.74) is 3.03. The summed E-state index contributed by atoms with van der Waals surface area (Å²) in [4.78, 5) is 28.1. The van der Waals surface area contributed by atoms with E-state index in [0.717, 1.165) is 22.9 Å². The minimum atomic E-state index is -0.619. The maximum absolute atomic E-state index is 14.6. The third kappa shape index (κ3) is 4.65. The van der Waals surface area contributed by atoms with Crippen LogP contribution in [-0.2, 0) is 4.79 Å². The topological polar surface area (TPSA) is 76.0 Å². The van der Waals surface area contributed by atoms with E-state index in [4.69, 9.17) is 0 Å². The van der Waals surface area contributed by atoms with Gasteiger partial charge < -0.3 is 5.32 Å². The van der Waals surface area contributed by atoms with Gasteiger partial charge in [0, 0.05) is 12.6 Å². The first-order valence-electron chi connectivity index (χ1n) is 8.99. The third-order valence-electron chi connectivity index (χ3n) is 4.29. The monoisotopic (exact) mass is 412 g/mol. The van der Waals surface area contributed by atoms with Crippen molar-refractivity contribution in [3.05, 3.63) is 66.1 Å². The first-order valence-corrected chi connectivity index (χ1v) is 9.87. The number of carbonyl (C=O) groups excluding carboxylic acids is 2. The van der Waals surface area contributed by atoms with E-state index in [-0.39, 0.29) is 0 Å². The Labute approximate surface area is 172 Å². The van der Waals surface area contributed by atoms with Crippen LogP contribution in [0.15, 0.2) is 59.9 Å². The molecule has 0 fully saturated rings. The molecular weight excluding hydrogens is 391 g/mol. The first kappa shape index (κ1) is 20.6. The van der Waals surface area contributed by atoms with Crippen molar-refractivity contribution in [2.75, 3.05) is 7.05 Å². The molecule has 3 aromatic rings. The van der Waals surface area contributed by atoms with Gasteiger partial charge in [0.05, 0.1) is 22.8 Å². The molecule has 0 radical (unpaired) electrons. The van der Waals surface area contributed by atoms with Crippen LogP contribution in [0.1, 0.15) is 12.5 Å². The second-order valence-corrected chi connectivity index (χ2v) is 7.72. The summed E-state index contributed by atoms with van der Waals surface area (Å²) < 4.78 is 16.3. The predicted molar refractivity (Wildman–Crippen MR) is 112 cm³/mol. The van der Waals surface area contributed by atoms with Crippen LogP contribution in [-0.4, -0.2) is 33.8 Å². The summed E-state index contributed by atoms with van der Waals surface area (Å²) in [7, 11) is 1.43. The van der Waals surface area contributed by atoms with Gasteiger partial charge in [-0.05, 0) is 26.0 Å². The van der Waals surface area contributed by atoms with Gasteiger partial charge in [-0.15, -0.1) is 0 Å². The fraction of sp³-hybridized carbons (Fsp3) is 0.190. The molecule has 0 aliphatic carbocycles. The standard InChI is InChI=1S/C21H21FN4O2S/c1-13-8-10-15(11-9-13)18-12-24-21(26(18)17-7-5-4-6-16(17)22)29-14(2)19(27)25-20(28)23-3/h4-12,14H,1-3H3,(H2,23,25,27,28)/t14-/m0/s1. The van der Waals surface area contributed by atoms with Crippen molar-refractivity contribution in [3.8, 4) is 16.9 Å². The Morgan fingerprint density at radius 2 is 1.83 bits per heavy atom. The van der Waals surface area contributed by atoms with Gasteiger partial charge >= 0.3 is 6.03 Å². The Morgan fingerprint density at radius 1 is 1.14 bits per heavy atom. The fourth-order valence-corrected chi connectivity index (χ4v) is 3.60. The van der Waals surface area contributed by atoms with E-state index in [1.165, 1.54) is 13.1 Å². The lowest BCUT2D eigenvalue weighted by Crippen LogP contribution is -2.41. The molecule has 3 rings (SSSR count). The van der Waals surface area contributed by atoms with Crippen LogP contribution in [0.3, 0.4) is 0 Å². The van der Waals surface area contributed by atoms with E-state index in [1.807, 2.05) is 31.2 Å². The summed E-state index contributed by atoms with van der Waals surface area (Å²) >= 11 is 1.15. The van der Waals surface area contributed by atoms with Crippen LogP contribution >= 0.6 is 11.8 Å². The van der Waals surface area contributed by atoms with E-state index in [2.05, 4.69) is 15.6 Å². The minimum Gasteiger partial charge on any atom is -0.341 e. The second-order valence-electron chi connectivity index (χ2n) is 6.41. The Hall–Kier alpha value is -3.13. The lowest BCUT2D eigenvalue weighted by Gasteiger charge is -2.15. The summed E-state index contributed by atoms with van der Waals surface area (Å²) in [6.07, 6.45) is 1.66. The van der Waals surface area contributed by atoms with Crippen molar-refractivity contribution >= 4 is 23.7 Å². The molecule has 150 valence electrons. The number of hydrogen-bond acceptors (Lipinski definition) is 4. The van der Waals surface area contributed by atoms with Crippen LogP contribution in [0, 0.1) is 12.7 Å². The van der Waals surface area contributed by atoms with Crippen molar-refractivity contribution in [1.29, 1.82) is 0 Å². The predicted octanol–water partition coefficient (Wildman–Crippen LogP) is 3.92. The number of imide groups is 1. The molecule has 3 amide bonds. The molecule has 2 aromatic carbocycles. The minimum absolute atomic E-state index is 0.335. The number of aryl methyl sites for hydroxylation is 1. The second kappa shape index (κ2) is 8.91. The van der Waals surface area contributed by atoms with Gasteiger partial charge in [0.2, 0.25) is 5.91 Å². The Morgan fingerprint density at radius 3 is 2.48 bits per heavy atom. The van der Waals surface area contributed by atoms with Crippen molar-refractivity contribution in [1.82, 2.24) is 20.2 Å². The number of hydrogen-bond donors (Lipinski definition) is 2. The number of amides is 3. The molecule has 29 heavy (non-hydrogen) atoms. The van der Waals surface area contributed by atoms with E-state index in [1.54, 1.807) is 35.9 Å². The lowest BCUT2D eigenvalue weighted by molar-refractivity contribution is -0.119. The van der Waals surface area contributed by atoms with Crippen LogP contribution in [0.2, 0.25) is 0 Å². The van der Waals surface area contributed by atoms with Gasteiger partial charge in [0.25, 0.3) is 0 Å². The van der Waals surface area contributed by atoms with Gasteiger partial charge in [-0.3, -0.25) is 14.7 Å². The number of nitrogens with zero attached hydrogens (tertiary/aromatic N) is 2. The van der Waals surface area contributed by atoms with E-state index in [9.17, 15) is 14.0 Å². The number of carbonyl (C=O) groups is 2. The zero-order chi connectivity index (χ0) is 21.0. The highest BCUT2D eigenvalue weighted by Gasteiger charge is 2.22. The SMILES string of the molecule is CNC(=O)NC(=O)[C@H](C)Sc1ncc(-c2ccc(C)cc2)n1-c1ccccc1F. The van der Waals surface area contributed by atoms with Gasteiger partial charge in [-0.1, -0.05) is 53.7 Å². The number of rotatable bonds is 5. The number of nitrogens with one attached hydrogen (secondary N) is 2. The lowest BCUT2D eigenvalue weighted by atomic mass is 10.1. The molecule has 1 atom stereocenters. The molecule has 0 saturated carbocycles. The van der Waals surface area contributed by atoms with Crippen molar-refractivity contribution in [2.24, 2.45) is 0 Å². The Balaban J connectivity index is 2.02. The highest BCUT2D eigenvalue weighted by molar-refractivity contribution is 8.00. The van der Waals surface area contributed by atoms with Crippen LogP contribution in [0.5, 0.6) is 0 Å². The summed E-state index contributed by atoms with van der Waals surface area (Å²) in [6.45, 7) is 3.65. The Kier molecular flexibility index (Phi) is 6.33. The normalized spacial score (nSPS) is 11.7. The van der Waals surface area contributed by atoms with Gasteiger partial charge in [-0.2, -0.15) is 0 Å². The molecule has 8 heteroatoms. The number of thioether (sulfide) groups is 1. The molecule has 6 nitrogen and oxygen atoms in total. The van der Waals surface area contributed by atoms with Crippen molar-refractivity contribution in [2.45, 2.75) is 24.3 Å². The molecule has 0 saturated heterocycles. The van der Waals surface area contributed by atoms with Crippen LogP contribution < -0.4 is 10.6 Å². The summed E-state index contributed by atoms with van der Waals surface area (Å²) in [5.74, 6) is -0.863. The number of aromatic nitrogens is 2. The van der Waals surface area contributed by atoms with Crippen LogP contribution in [0.4, 0.5) is 9.18 Å². The number of para-hydroxylation sites is 1. The average Bonchev–Trinajstić information content (AvgIpc) is 3.12.